The third-order valence-electron chi connectivity index (χ3n) is 3.67. The van der Waals surface area contributed by atoms with Crippen LogP contribution < -0.4 is 5.32 Å². The van der Waals surface area contributed by atoms with Crippen molar-refractivity contribution in [1.29, 1.82) is 0 Å². The maximum Gasteiger partial charge on any atom is 0.337 e. The monoisotopic (exact) mass is 496 g/mol. The van der Waals surface area contributed by atoms with E-state index in [-0.39, 0.29) is 11.5 Å². The van der Waals surface area contributed by atoms with Crippen LogP contribution in [0.15, 0.2) is 48.7 Å². The van der Waals surface area contributed by atoms with Gasteiger partial charge in [-0.3, -0.25) is 10.1 Å². The largest absolute Gasteiger partial charge is 0.465 e. The number of rotatable bonds is 5. The molecular weight excluding hydrogens is 482 g/mol. The van der Waals surface area contributed by atoms with Gasteiger partial charge in [0.15, 0.2) is 5.13 Å². The number of hydrogen-bond donors (Lipinski definition) is 1. The lowest BCUT2D eigenvalue weighted by molar-refractivity contribution is 0.0600. The van der Waals surface area contributed by atoms with Gasteiger partial charge in [-0.15, -0.1) is 11.3 Å². The highest BCUT2D eigenvalue weighted by atomic mass is 127. The Kier molecular flexibility index (Phi) is 6.17. The lowest BCUT2D eigenvalue weighted by atomic mass is 10.1. The van der Waals surface area contributed by atoms with Gasteiger partial charge in [-0.2, -0.15) is 0 Å². The van der Waals surface area contributed by atoms with Crippen molar-refractivity contribution in [2.24, 2.45) is 0 Å². The first-order valence-corrected chi connectivity index (χ1v) is 9.74. The fourth-order valence-electron chi connectivity index (χ4n) is 2.41. The molecule has 0 aliphatic heterocycles. The van der Waals surface area contributed by atoms with Crippen LogP contribution in [-0.2, 0) is 11.2 Å². The van der Waals surface area contributed by atoms with Crippen molar-refractivity contribution in [1.82, 2.24) is 4.98 Å². The van der Waals surface area contributed by atoms with Gasteiger partial charge in [0.1, 0.15) is 5.82 Å². The summed E-state index contributed by atoms with van der Waals surface area (Å²) in [5.74, 6) is -1.27. The van der Waals surface area contributed by atoms with E-state index in [4.69, 9.17) is 4.74 Å². The van der Waals surface area contributed by atoms with Crippen LogP contribution in [0.5, 0.6) is 0 Å². The van der Waals surface area contributed by atoms with E-state index in [9.17, 15) is 14.0 Å². The minimum Gasteiger partial charge on any atom is -0.465 e. The Morgan fingerprint density at radius 1 is 1.26 bits per heavy atom. The standard InChI is InChI=1S/C19H14FIN2O3S/c1-26-18(25)12-4-2-3-11(7-12)8-14-10-22-19(27-14)23-17(24)15-9-13(20)5-6-16(15)21/h2-7,9-10H,8H2,1H3,(H,22,23,24). The number of carbonyl (C=O) groups excluding carboxylic acids is 2. The molecule has 0 spiro atoms. The van der Waals surface area contributed by atoms with Gasteiger partial charge in [0.25, 0.3) is 5.91 Å². The van der Waals surface area contributed by atoms with Crippen LogP contribution >= 0.6 is 33.9 Å². The van der Waals surface area contributed by atoms with Crippen molar-refractivity contribution < 1.29 is 18.7 Å². The van der Waals surface area contributed by atoms with Gasteiger partial charge in [-0.25, -0.2) is 14.2 Å². The predicted molar refractivity (Wildman–Crippen MR) is 110 cm³/mol. The van der Waals surface area contributed by atoms with Gasteiger partial charge < -0.3 is 4.74 Å². The molecule has 0 atom stereocenters. The SMILES string of the molecule is COC(=O)c1cccc(Cc2cnc(NC(=O)c3cc(F)ccc3I)s2)c1. The summed E-state index contributed by atoms with van der Waals surface area (Å²) in [5.41, 5.74) is 1.67. The van der Waals surface area contributed by atoms with Crippen LogP contribution in [0.2, 0.25) is 0 Å². The molecule has 8 heteroatoms. The molecule has 1 N–H and O–H groups in total. The van der Waals surface area contributed by atoms with E-state index in [2.05, 4.69) is 10.3 Å². The second kappa shape index (κ2) is 8.57. The zero-order chi connectivity index (χ0) is 19.4. The average Bonchev–Trinajstić information content (AvgIpc) is 3.09. The number of amides is 1. The maximum absolute atomic E-state index is 13.4. The van der Waals surface area contributed by atoms with Gasteiger partial charge in [-0.05, 0) is 58.5 Å². The molecule has 1 heterocycles. The number of aromatic nitrogens is 1. The summed E-state index contributed by atoms with van der Waals surface area (Å²) in [6, 6.07) is 11.2. The number of carbonyl (C=O) groups is 2. The number of hydrogen-bond acceptors (Lipinski definition) is 5. The molecular formula is C19H14FIN2O3S. The Morgan fingerprint density at radius 2 is 2.07 bits per heavy atom. The highest BCUT2D eigenvalue weighted by molar-refractivity contribution is 14.1. The number of esters is 1. The first-order valence-electron chi connectivity index (χ1n) is 7.84. The Bertz CT molecular complexity index is 1010. The maximum atomic E-state index is 13.4. The second-order valence-corrected chi connectivity index (χ2v) is 7.86. The molecule has 0 saturated heterocycles. The summed E-state index contributed by atoms with van der Waals surface area (Å²) in [5, 5.41) is 3.12. The van der Waals surface area contributed by atoms with Gasteiger partial charge in [-0.1, -0.05) is 12.1 Å². The summed E-state index contributed by atoms with van der Waals surface area (Å²) in [6.45, 7) is 0. The van der Waals surface area contributed by atoms with E-state index >= 15 is 0 Å². The molecule has 27 heavy (non-hydrogen) atoms. The number of nitrogens with one attached hydrogen (secondary N) is 1. The van der Waals surface area contributed by atoms with Gasteiger partial charge in [0, 0.05) is 21.1 Å². The van der Waals surface area contributed by atoms with Crippen LogP contribution in [0.25, 0.3) is 0 Å². The number of thiazole rings is 1. The van der Waals surface area contributed by atoms with E-state index in [1.807, 2.05) is 28.7 Å². The summed E-state index contributed by atoms with van der Waals surface area (Å²) in [4.78, 5) is 29.1. The molecule has 3 aromatic rings. The summed E-state index contributed by atoms with van der Waals surface area (Å²) in [7, 11) is 1.34. The number of anilines is 1. The summed E-state index contributed by atoms with van der Waals surface area (Å²) in [6.07, 6.45) is 2.23. The molecule has 0 radical (unpaired) electrons. The smallest absolute Gasteiger partial charge is 0.337 e. The van der Waals surface area contributed by atoms with Crippen LogP contribution in [-0.4, -0.2) is 24.0 Å². The molecule has 0 fully saturated rings. The van der Waals surface area contributed by atoms with E-state index in [1.165, 1.54) is 30.6 Å². The van der Waals surface area contributed by atoms with E-state index in [1.54, 1.807) is 30.5 Å². The molecule has 0 aliphatic rings. The van der Waals surface area contributed by atoms with E-state index < -0.39 is 11.7 Å². The Balaban J connectivity index is 1.71. The van der Waals surface area contributed by atoms with Gasteiger partial charge >= 0.3 is 5.97 Å². The molecule has 1 aromatic heterocycles. The number of benzene rings is 2. The third-order valence-corrected chi connectivity index (χ3v) is 5.53. The van der Waals surface area contributed by atoms with Crippen molar-refractivity contribution >= 4 is 50.9 Å². The van der Waals surface area contributed by atoms with Crippen molar-refractivity contribution in [3.05, 3.63) is 79.6 Å². The van der Waals surface area contributed by atoms with Crippen LogP contribution in [0.4, 0.5) is 9.52 Å². The Morgan fingerprint density at radius 3 is 2.85 bits per heavy atom. The fourth-order valence-corrected chi connectivity index (χ4v) is 3.83. The quantitative estimate of drug-likeness (QED) is 0.417. The van der Waals surface area contributed by atoms with Crippen molar-refractivity contribution in [3.63, 3.8) is 0 Å². The highest BCUT2D eigenvalue weighted by Crippen LogP contribution is 2.23. The Hall–Kier alpha value is -2.33. The summed E-state index contributed by atoms with van der Waals surface area (Å²) < 4.78 is 18.8. The number of methoxy groups -OCH3 is 1. The first-order chi connectivity index (χ1) is 13.0. The molecule has 2 aromatic carbocycles. The first kappa shape index (κ1) is 19.4. The van der Waals surface area contributed by atoms with Gasteiger partial charge in [0.2, 0.25) is 0 Å². The van der Waals surface area contributed by atoms with E-state index in [0.717, 1.165) is 10.4 Å². The summed E-state index contributed by atoms with van der Waals surface area (Å²) >= 11 is 3.31. The zero-order valence-electron chi connectivity index (χ0n) is 14.2. The molecule has 1 amide bonds. The molecule has 0 bridgehead atoms. The second-order valence-electron chi connectivity index (χ2n) is 5.58. The van der Waals surface area contributed by atoms with Crippen LogP contribution in [0.1, 0.15) is 31.2 Å². The normalized spacial score (nSPS) is 10.5. The molecule has 3 rings (SSSR count). The zero-order valence-corrected chi connectivity index (χ0v) is 17.1. The fraction of sp³-hybridized carbons (Fsp3) is 0.105. The lowest BCUT2D eigenvalue weighted by Gasteiger charge is -2.04. The third kappa shape index (κ3) is 4.89. The van der Waals surface area contributed by atoms with Gasteiger partial charge in [0.05, 0.1) is 18.2 Å². The molecule has 138 valence electrons. The molecule has 0 saturated carbocycles. The highest BCUT2D eigenvalue weighted by Gasteiger charge is 2.14. The van der Waals surface area contributed by atoms with E-state index in [0.29, 0.717) is 20.7 Å². The lowest BCUT2D eigenvalue weighted by Crippen LogP contribution is -2.13. The van der Waals surface area contributed by atoms with Crippen molar-refractivity contribution in [2.45, 2.75) is 6.42 Å². The molecule has 0 unspecified atom stereocenters. The van der Waals surface area contributed by atoms with Crippen molar-refractivity contribution in [3.8, 4) is 0 Å². The molecule has 0 aliphatic carbocycles. The van der Waals surface area contributed by atoms with Crippen LogP contribution in [0, 0.1) is 9.39 Å². The predicted octanol–water partition coefficient (Wildman–Crippen LogP) is 4.52. The minimum atomic E-state index is -0.467. The van der Waals surface area contributed by atoms with Crippen molar-refractivity contribution in [2.75, 3.05) is 12.4 Å². The van der Waals surface area contributed by atoms with Crippen LogP contribution in [0.3, 0.4) is 0 Å². The molecule has 5 nitrogen and oxygen atoms in total. The number of ether oxygens (including phenoxy) is 1. The Labute approximate surface area is 172 Å². The topological polar surface area (TPSA) is 68.3 Å². The average molecular weight is 496 g/mol. The minimum absolute atomic E-state index is 0.262. The number of halogens is 2. The number of nitrogens with zero attached hydrogens (tertiary/aromatic N) is 1.